The van der Waals surface area contributed by atoms with Crippen LogP contribution in [0.25, 0.3) is 0 Å². The number of benzene rings is 1. The summed E-state index contributed by atoms with van der Waals surface area (Å²) >= 11 is 6.00. The number of hydrogen-bond acceptors (Lipinski definition) is 3. The van der Waals surface area contributed by atoms with Crippen LogP contribution < -0.4 is 10.5 Å². The molecule has 1 aromatic rings. The highest BCUT2D eigenvalue weighted by Crippen LogP contribution is 2.29. The first-order valence-corrected chi connectivity index (χ1v) is 7.73. The number of nitrogens with two attached hydrogens (primary N) is 1. The van der Waals surface area contributed by atoms with Crippen LogP contribution >= 0.6 is 11.6 Å². The predicted molar refractivity (Wildman–Crippen MR) is 75.6 cm³/mol. The average Bonchev–Trinajstić information content (AvgIpc) is 2.30. The number of anilines is 1. The number of nitrogens with one attached hydrogen (secondary N) is 1. The zero-order valence-corrected chi connectivity index (χ0v) is 12.6. The maximum atomic E-state index is 11.8. The van der Waals surface area contributed by atoms with E-state index in [0.717, 1.165) is 0 Å². The lowest BCUT2D eigenvalue weighted by Gasteiger charge is -2.14. The van der Waals surface area contributed by atoms with E-state index in [-0.39, 0.29) is 21.7 Å². The van der Waals surface area contributed by atoms with Gasteiger partial charge in [-0.05, 0) is 31.0 Å². The topological polar surface area (TPSA) is 89.3 Å². The van der Waals surface area contributed by atoms with Crippen LogP contribution in [-0.4, -0.2) is 14.3 Å². The first-order valence-electron chi connectivity index (χ1n) is 5.80. The Morgan fingerprint density at radius 3 is 2.47 bits per heavy atom. The summed E-state index contributed by atoms with van der Waals surface area (Å²) in [6, 6.07) is 2.61. The molecule has 0 aromatic heterocycles. The smallest absolute Gasteiger partial charge is 0.238 e. The van der Waals surface area contributed by atoms with Crippen LogP contribution in [0.2, 0.25) is 5.02 Å². The minimum Gasteiger partial charge on any atom is -0.324 e. The average molecular weight is 305 g/mol. The van der Waals surface area contributed by atoms with E-state index in [1.54, 1.807) is 13.8 Å². The van der Waals surface area contributed by atoms with Gasteiger partial charge in [-0.15, -0.1) is 0 Å². The third-order valence-electron chi connectivity index (χ3n) is 2.90. The normalized spacial score (nSPS) is 13.1. The summed E-state index contributed by atoms with van der Waals surface area (Å²) in [5.41, 5.74) is 0.965. The highest BCUT2D eigenvalue weighted by molar-refractivity contribution is 7.89. The Morgan fingerprint density at radius 1 is 1.47 bits per heavy atom. The maximum absolute atomic E-state index is 11.8. The lowest BCUT2D eigenvalue weighted by Crippen LogP contribution is -2.21. The Bertz CT molecular complexity index is 576. The molecule has 3 N–H and O–H groups in total. The molecule has 0 radical (unpaired) electrons. The van der Waals surface area contributed by atoms with E-state index in [0.29, 0.717) is 17.7 Å². The molecule has 0 aliphatic carbocycles. The van der Waals surface area contributed by atoms with Gasteiger partial charge in [-0.2, -0.15) is 0 Å². The van der Waals surface area contributed by atoms with E-state index >= 15 is 0 Å². The zero-order chi connectivity index (χ0) is 14.8. The van der Waals surface area contributed by atoms with Crippen LogP contribution in [0.3, 0.4) is 0 Å². The molecule has 0 aliphatic heterocycles. The number of hydrogen-bond donors (Lipinski definition) is 2. The third-order valence-corrected chi connectivity index (χ3v) is 4.09. The Morgan fingerprint density at radius 2 is 2.05 bits per heavy atom. The van der Waals surface area contributed by atoms with Crippen LogP contribution in [0.15, 0.2) is 17.0 Å². The quantitative estimate of drug-likeness (QED) is 0.894. The van der Waals surface area contributed by atoms with Crippen molar-refractivity contribution in [1.82, 2.24) is 0 Å². The van der Waals surface area contributed by atoms with Crippen LogP contribution in [0.5, 0.6) is 0 Å². The molecule has 7 heteroatoms. The summed E-state index contributed by atoms with van der Waals surface area (Å²) in [5.74, 6) is -0.302. The molecule has 1 atom stereocenters. The van der Waals surface area contributed by atoms with Crippen LogP contribution in [-0.2, 0) is 14.8 Å². The monoisotopic (exact) mass is 304 g/mol. The second-order valence-electron chi connectivity index (χ2n) is 4.44. The van der Waals surface area contributed by atoms with Gasteiger partial charge in [0, 0.05) is 5.92 Å². The Hall–Kier alpha value is -1.11. The maximum Gasteiger partial charge on any atom is 0.238 e. The number of primary sulfonamides is 1. The van der Waals surface area contributed by atoms with Crippen LogP contribution in [0, 0.1) is 12.8 Å². The molecule has 5 nitrogen and oxygen atoms in total. The van der Waals surface area contributed by atoms with E-state index in [9.17, 15) is 13.2 Å². The summed E-state index contributed by atoms with van der Waals surface area (Å²) in [5, 5.41) is 7.90. The van der Waals surface area contributed by atoms with Gasteiger partial charge in [0.25, 0.3) is 0 Å². The molecule has 0 spiro atoms. The van der Waals surface area contributed by atoms with Crippen molar-refractivity contribution in [3.63, 3.8) is 0 Å². The molecule has 1 aromatic carbocycles. The largest absolute Gasteiger partial charge is 0.324 e. The van der Waals surface area contributed by atoms with Crippen molar-refractivity contribution < 1.29 is 13.2 Å². The van der Waals surface area contributed by atoms with E-state index < -0.39 is 10.0 Å². The minimum atomic E-state index is -3.81. The fourth-order valence-electron chi connectivity index (χ4n) is 1.47. The van der Waals surface area contributed by atoms with Gasteiger partial charge < -0.3 is 5.32 Å². The lowest BCUT2D eigenvalue weighted by atomic mass is 10.1. The van der Waals surface area contributed by atoms with Gasteiger partial charge in [-0.1, -0.05) is 25.4 Å². The Kier molecular flexibility index (Phi) is 4.95. The number of rotatable bonds is 4. The number of carbonyl (C=O) groups excluding carboxylic acids is 1. The molecule has 0 saturated carbocycles. The van der Waals surface area contributed by atoms with E-state index in [4.69, 9.17) is 16.7 Å². The van der Waals surface area contributed by atoms with E-state index in [1.165, 1.54) is 12.1 Å². The summed E-state index contributed by atoms with van der Waals surface area (Å²) < 4.78 is 22.5. The molecule has 0 saturated heterocycles. The second kappa shape index (κ2) is 5.90. The first kappa shape index (κ1) is 15.9. The molecule has 1 unspecified atom stereocenters. The predicted octanol–water partition coefficient (Wildman–Crippen LogP) is 2.28. The molecule has 1 rings (SSSR count). The minimum absolute atomic E-state index is 0.0726. The zero-order valence-electron chi connectivity index (χ0n) is 11.0. The second-order valence-corrected chi connectivity index (χ2v) is 6.41. The molecular formula is C12H17ClN2O3S. The number of sulfonamides is 1. The van der Waals surface area contributed by atoms with Gasteiger partial charge in [-0.25, -0.2) is 13.6 Å². The molecular weight excluding hydrogens is 288 g/mol. The van der Waals surface area contributed by atoms with Crippen LogP contribution in [0.1, 0.15) is 25.8 Å². The summed E-state index contributed by atoms with van der Waals surface area (Å²) in [6.07, 6.45) is 0.706. The van der Waals surface area contributed by atoms with Crippen molar-refractivity contribution in [2.24, 2.45) is 11.1 Å². The SMILES string of the molecule is CCC(C)C(=O)Nc1c(C)cc(S(N)(=O)=O)cc1Cl. The highest BCUT2D eigenvalue weighted by atomic mass is 35.5. The molecule has 1 amide bonds. The van der Waals surface area contributed by atoms with Crippen LogP contribution in [0.4, 0.5) is 5.69 Å². The fraction of sp³-hybridized carbons (Fsp3) is 0.417. The molecule has 106 valence electrons. The van der Waals surface area contributed by atoms with Crippen molar-refractivity contribution in [3.05, 3.63) is 22.7 Å². The lowest BCUT2D eigenvalue weighted by molar-refractivity contribution is -0.119. The van der Waals surface area contributed by atoms with Crippen molar-refractivity contribution in [2.45, 2.75) is 32.1 Å². The number of amides is 1. The van der Waals surface area contributed by atoms with Crippen molar-refractivity contribution in [3.8, 4) is 0 Å². The van der Waals surface area contributed by atoms with Gasteiger partial charge >= 0.3 is 0 Å². The van der Waals surface area contributed by atoms with E-state index in [2.05, 4.69) is 5.32 Å². The van der Waals surface area contributed by atoms with Crippen molar-refractivity contribution >= 4 is 33.2 Å². The number of aryl methyl sites for hydroxylation is 1. The van der Waals surface area contributed by atoms with E-state index in [1.807, 2.05) is 6.92 Å². The number of carbonyl (C=O) groups is 1. The van der Waals surface area contributed by atoms with Crippen molar-refractivity contribution in [1.29, 1.82) is 0 Å². The van der Waals surface area contributed by atoms with Gasteiger partial charge in [0.2, 0.25) is 15.9 Å². The molecule has 19 heavy (non-hydrogen) atoms. The molecule has 0 bridgehead atoms. The first-order chi connectivity index (χ1) is 8.66. The Labute approximate surface area is 118 Å². The summed E-state index contributed by atoms with van der Waals surface area (Å²) in [4.78, 5) is 11.7. The van der Waals surface area contributed by atoms with Gasteiger partial charge in [0.1, 0.15) is 0 Å². The summed E-state index contributed by atoms with van der Waals surface area (Å²) in [6.45, 7) is 5.37. The molecule has 0 heterocycles. The standard InChI is InChI=1S/C12H17ClN2O3S/c1-4-7(2)12(16)15-11-8(3)5-9(6-10(11)13)19(14,17)18/h5-7H,4H2,1-3H3,(H,15,16)(H2,14,17,18). The highest BCUT2D eigenvalue weighted by Gasteiger charge is 2.17. The molecule has 0 fully saturated rings. The Balaban J connectivity index is 3.15. The number of halogens is 1. The fourth-order valence-corrected chi connectivity index (χ4v) is 2.47. The molecule has 0 aliphatic rings. The van der Waals surface area contributed by atoms with Crippen molar-refractivity contribution in [2.75, 3.05) is 5.32 Å². The van der Waals surface area contributed by atoms with Gasteiger partial charge in [0.05, 0.1) is 15.6 Å². The van der Waals surface area contributed by atoms with Gasteiger partial charge in [-0.3, -0.25) is 4.79 Å². The van der Waals surface area contributed by atoms with Gasteiger partial charge in [0.15, 0.2) is 0 Å². The summed E-state index contributed by atoms with van der Waals surface area (Å²) in [7, 11) is -3.81. The third kappa shape index (κ3) is 3.92.